The predicted molar refractivity (Wildman–Crippen MR) is 87.7 cm³/mol. The number of hydrogen-bond acceptors (Lipinski definition) is 2. The van der Waals surface area contributed by atoms with Gasteiger partial charge in [-0.3, -0.25) is 9.59 Å². The molecule has 1 unspecified atom stereocenters. The van der Waals surface area contributed by atoms with E-state index in [1.54, 1.807) is 6.07 Å². The van der Waals surface area contributed by atoms with Crippen molar-refractivity contribution in [2.45, 2.75) is 18.8 Å². The number of ketones is 1. The summed E-state index contributed by atoms with van der Waals surface area (Å²) in [4.78, 5) is 25.9. The van der Waals surface area contributed by atoms with Crippen LogP contribution in [0.5, 0.6) is 0 Å². The molecule has 1 N–H and O–H groups in total. The van der Waals surface area contributed by atoms with Crippen molar-refractivity contribution in [2.24, 2.45) is 0 Å². The minimum Gasteiger partial charge on any atom is -0.328 e. The fraction of sp³-hybridized carbons (Fsp3) is 0.176. The number of aromatic amines is 1. The van der Waals surface area contributed by atoms with Gasteiger partial charge in [0.25, 0.3) is 0 Å². The van der Waals surface area contributed by atoms with E-state index < -0.39 is 0 Å². The normalized spacial score (nSPS) is 11.9. The highest BCUT2D eigenvalue weighted by Crippen LogP contribution is 2.26. The predicted octanol–water partition coefficient (Wildman–Crippen LogP) is 4.07. The number of carbonyl (C=O) groups excluding carboxylic acids is 1. The van der Waals surface area contributed by atoms with Crippen molar-refractivity contribution >= 4 is 21.7 Å². The van der Waals surface area contributed by atoms with Gasteiger partial charge in [0.2, 0.25) is 5.56 Å². The number of rotatable bonds is 6. The minimum absolute atomic E-state index is 0.0148. The Balaban J connectivity index is 2.17. The molecule has 0 spiro atoms. The Morgan fingerprint density at radius 2 is 1.95 bits per heavy atom. The average Bonchev–Trinajstić information content (AvgIpc) is 2.48. The van der Waals surface area contributed by atoms with Gasteiger partial charge in [-0.15, -0.1) is 6.58 Å². The summed E-state index contributed by atoms with van der Waals surface area (Å²) in [6.45, 7) is 3.77. The standard InChI is InChI=1S/C17H16BrNO2/c1-2-3-13(12-4-7-15(18)8-5-12)10-16(20)14-6-9-17(21)19-11-14/h2,4-9,11,13H,1,3,10H2,(H,19,21). The van der Waals surface area contributed by atoms with E-state index in [4.69, 9.17) is 0 Å². The summed E-state index contributed by atoms with van der Waals surface area (Å²) in [7, 11) is 0. The van der Waals surface area contributed by atoms with Crippen LogP contribution in [0.25, 0.3) is 0 Å². The molecule has 0 radical (unpaired) electrons. The first-order chi connectivity index (χ1) is 10.1. The van der Waals surface area contributed by atoms with E-state index in [9.17, 15) is 9.59 Å². The van der Waals surface area contributed by atoms with Crippen LogP contribution in [0.4, 0.5) is 0 Å². The highest BCUT2D eigenvalue weighted by molar-refractivity contribution is 9.10. The number of Topliss-reactive ketones (excluding diaryl/α,β-unsaturated/α-hetero) is 1. The summed E-state index contributed by atoms with van der Waals surface area (Å²) >= 11 is 3.41. The number of pyridine rings is 1. The van der Waals surface area contributed by atoms with Gasteiger partial charge < -0.3 is 4.98 Å². The second kappa shape index (κ2) is 7.18. The first-order valence-electron chi connectivity index (χ1n) is 6.68. The zero-order chi connectivity index (χ0) is 15.2. The number of aromatic nitrogens is 1. The van der Waals surface area contributed by atoms with Gasteiger partial charge in [0.15, 0.2) is 5.78 Å². The highest BCUT2D eigenvalue weighted by atomic mass is 79.9. The molecule has 0 saturated carbocycles. The highest BCUT2D eigenvalue weighted by Gasteiger charge is 2.16. The Kier molecular flexibility index (Phi) is 5.28. The molecule has 0 bridgehead atoms. The van der Waals surface area contributed by atoms with E-state index in [0.29, 0.717) is 12.0 Å². The summed E-state index contributed by atoms with van der Waals surface area (Å²) in [5.41, 5.74) is 1.43. The Morgan fingerprint density at radius 3 is 2.52 bits per heavy atom. The van der Waals surface area contributed by atoms with Crippen molar-refractivity contribution < 1.29 is 4.79 Å². The fourth-order valence-corrected chi connectivity index (χ4v) is 2.46. The summed E-state index contributed by atoms with van der Waals surface area (Å²) in [5.74, 6) is 0.107. The molecule has 3 nitrogen and oxygen atoms in total. The molecule has 1 atom stereocenters. The van der Waals surface area contributed by atoms with Crippen LogP contribution < -0.4 is 5.56 Å². The lowest BCUT2D eigenvalue weighted by atomic mass is 9.89. The Morgan fingerprint density at radius 1 is 1.24 bits per heavy atom. The van der Waals surface area contributed by atoms with Gasteiger partial charge in [-0.25, -0.2) is 0 Å². The van der Waals surface area contributed by atoms with Gasteiger partial charge >= 0.3 is 0 Å². The van der Waals surface area contributed by atoms with Crippen molar-refractivity contribution in [3.63, 3.8) is 0 Å². The first kappa shape index (κ1) is 15.4. The van der Waals surface area contributed by atoms with Crippen LogP contribution in [0.1, 0.15) is 34.7 Å². The Bertz CT molecular complexity index is 668. The van der Waals surface area contributed by atoms with Crippen molar-refractivity contribution in [2.75, 3.05) is 0 Å². The summed E-state index contributed by atoms with van der Waals surface area (Å²) in [6, 6.07) is 10.9. The fourth-order valence-electron chi connectivity index (χ4n) is 2.20. The van der Waals surface area contributed by atoms with E-state index in [-0.39, 0.29) is 17.3 Å². The van der Waals surface area contributed by atoms with Crippen LogP contribution in [-0.4, -0.2) is 10.8 Å². The quantitative estimate of drug-likeness (QED) is 0.633. The van der Waals surface area contributed by atoms with E-state index in [1.807, 2.05) is 30.3 Å². The second-order valence-electron chi connectivity index (χ2n) is 4.84. The molecule has 21 heavy (non-hydrogen) atoms. The first-order valence-corrected chi connectivity index (χ1v) is 7.47. The van der Waals surface area contributed by atoms with Crippen LogP contribution in [0, 0.1) is 0 Å². The van der Waals surface area contributed by atoms with E-state index in [2.05, 4.69) is 27.5 Å². The lowest BCUT2D eigenvalue weighted by Crippen LogP contribution is -2.10. The maximum atomic E-state index is 12.3. The summed E-state index contributed by atoms with van der Waals surface area (Å²) in [5, 5.41) is 0. The molecular weight excluding hydrogens is 330 g/mol. The van der Waals surface area contributed by atoms with Gasteiger partial charge in [-0.2, -0.15) is 0 Å². The summed E-state index contributed by atoms with van der Waals surface area (Å²) in [6.07, 6.45) is 4.42. The largest absolute Gasteiger partial charge is 0.328 e. The van der Waals surface area contributed by atoms with Gasteiger partial charge in [0.1, 0.15) is 0 Å². The zero-order valence-corrected chi connectivity index (χ0v) is 13.1. The zero-order valence-electron chi connectivity index (χ0n) is 11.5. The molecular formula is C17H16BrNO2. The van der Waals surface area contributed by atoms with E-state index in [0.717, 1.165) is 16.5 Å². The Labute approximate surface area is 131 Å². The molecule has 1 aromatic heterocycles. The molecule has 4 heteroatoms. The maximum Gasteiger partial charge on any atom is 0.247 e. The molecule has 0 aliphatic carbocycles. The molecule has 0 aliphatic heterocycles. The van der Waals surface area contributed by atoms with Crippen molar-refractivity contribution in [3.05, 3.63) is 81.2 Å². The number of halogens is 1. The minimum atomic E-state index is -0.206. The number of allylic oxidation sites excluding steroid dienone is 1. The average molecular weight is 346 g/mol. The molecule has 2 rings (SSSR count). The smallest absolute Gasteiger partial charge is 0.247 e. The van der Waals surface area contributed by atoms with Crippen LogP contribution in [0.2, 0.25) is 0 Å². The van der Waals surface area contributed by atoms with Gasteiger partial charge in [-0.05, 0) is 36.1 Å². The van der Waals surface area contributed by atoms with Crippen molar-refractivity contribution in [1.82, 2.24) is 4.98 Å². The third-order valence-corrected chi connectivity index (χ3v) is 3.86. The van der Waals surface area contributed by atoms with Crippen LogP contribution >= 0.6 is 15.9 Å². The molecule has 0 amide bonds. The number of H-pyrrole nitrogens is 1. The number of benzene rings is 1. The van der Waals surface area contributed by atoms with Crippen LogP contribution in [-0.2, 0) is 0 Å². The number of hydrogen-bond donors (Lipinski definition) is 1. The topological polar surface area (TPSA) is 49.9 Å². The monoisotopic (exact) mass is 345 g/mol. The van der Waals surface area contributed by atoms with Crippen LogP contribution in [0.15, 0.2) is 64.5 Å². The lowest BCUT2D eigenvalue weighted by Gasteiger charge is -2.15. The molecule has 0 fully saturated rings. The second-order valence-corrected chi connectivity index (χ2v) is 5.76. The van der Waals surface area contributed by atoms with Gasteiger partial charge in [0, 0.05) is 28.7 Å². The SMILES string of the molecule is C=CCC(CC(=O)c1ccc(=O)[nH]c1)c1ccc(Br)cc1. The van der Waals surface area contributed by atoms with E-state index >= 15 is 0 Å². The molecule has 1 aromatic carbocycles. The van der Waals surface area contributed by atoms with E-state index in [1.165, 1.54) is 12.3 Å². The van der Waals surface area contributed by atoms with Crippen molar-refractivity contribution in [3.8, 4) is 0 Å². The Hall–Kier alpha value is -1.94. The third-order valence-electron chi connectivity index (χ3n) is 3.33. The van der Waals surface area contributed by atoms with Gasteiger partial charge in [0.05, 0.1) is 0 Å². The molecule has 108 valence electrons. The third kappa shape index (κ3) is 4.26. The van der Waals surface area contributed by atoms with Crippen molar-refractivity contribution in [1.29, 1.82) is 0 Å². The summed E-state index contributed by atoms with van der Waals surface area (Å²) < 4.78 is 1.01. The maximum absolute atomic E-state index is 12.3. The van der Waals surface area contributed by atoms with Crippen LogP contribution in [0.3, 0.4) is 0 Å². The molecule has 0 saturated heterocycles. The molecule has 1 heterocycles. The molecule has 0 aliphatic rings. The lowest BCUT2D eigenvalue weighted by molar-refractivity contribution is 0.0973. The molecule has 2 aromatic rings. The number of carbonyl (C=O) groups is 1. The van der Waals surface area contributed by atoms with Gasteiger partial charge in [-0.1, -0.05) is 34.1 Å². The number of nitrogens with one attached hydrogen (secondary N) is 1.